The molecule has 1 aromatic carbocycles. The number of alkyl halides is 4. The molecule has 0 saturated carbocycles. The van der Waals surface area contributed by atoms with Crippen molar-refractivity contribution in [1.29, 1.82) is 0 Å². The molecule has 0 bridgehead atoms. The molecule has 0 spiro atoms. The summed E-state index contributed by atoms with van der Waals surface area (Å²) < 4.78 is 37.2. The fourth-order valence-electron chi connectivity index (χ4n) is 1.05. The van der Waals surface area contributed by atoms with E-state index in [2.05, 4.69) is 15.9 Å². The Morgan fingerprint density at radius 2 is 2.00 bits per heavy atom. The first-order chi connectivity index (χ1) is 6.49. The molecule has 14 heavy (non-hydrogen) atoms. The highest BCUT2D eigenvalue weighted by molar-refractivity contribution is 9.08. The summed E-state index contributed by atoms with van der Waals surface area (Å²) in [5.41, 5.74) is -0.607. The van der Waals surface area contributed by atoms with Gasteiger partial charge in [-0.25, -0.2) is 0 Å². The Balaban J connectivity index is 3.29. The van der Waals surface area contributed by atoms with E-state index in [1.807, 2.05) is 0 Å². The Morgan fingerprint density at radius 1 is 1.36 bits per heavy atom. The minimum atomic E-state index is -4.41. The van der Waals surface area contributed by atoms with Gasteiger partial charge in [0.05, 0.1) is 5.56 Å². The maximum absolute atomic E-state index is 12.4. The standard InChI is InChI=1S/C9H6BrF3O/c10-4-7-2-1-6(5-14)3-8(7)9(11,12)13/h1-3,5H,4H2. The van der Waals surface area contributed by atoms with E-state index < -0.39 is 11.7 Å². The fourth-order valence-corrected chi connectivity index (χ4v) is 1.54. The normalized spacial score (nSPS) is 11.4. The highest BCUT2D eigenvalue weighted by Crippen LogP contribution is 2.33. The van der Waals surface area contributed by atoms with Gasteiger partial charge in [0, 0.05) is 10.9 Å². The molecule has 0 amide bonds. The zero-order valence-corrected chi connectivity index (χ0v) is 8.52. The van der Waals surface area contributed by atoms with Crippen molar-refractivity contribution in [2.75, 3.05) is 0 Å². The van der Waals surface area contributed by atoms with E-state index in [1.54, 1.807) is 0 Å². The molecule has 0 saturated heterocycles. The summed E-state index contributed by atoms with van der Waals surface area (Å²) in [6, 6.07) is 3.50. The molecule has 0 N–H and O–H groups in total. The minimum Gasteiger partial charge on any atom is -0.298 e. The number of hydrogen-bond acceptors (Lipinski definition) is 1. The lowest BCUT2D eigenvalue weighted by molar-refractivity contribution is -0.138. The molecule has 76 valence electrons. The summed E-state index contributed by atoms with van der Waals surface area (Å²) in [7, 11) is 0. The third-order valence-electron chi connectivity index (χ3n) is 1.72. The van der Waals surface area contributed by atoms with Crippen molar-refractivity contribution in [2.45, 2.75) is 11.5 Å². The monoisotopic (exact) mass is 266 g/mol. The van der Waals surface area contributed by atoms with Crippen LogP contribution in [0, 0.1) is 0 Å². The van der Waals surface area contributed by atoms with E-state index in [0.717, 1.165) is 6.07 Å². The summed E-state index contributed by atoms with van der Waals surface area (Å²) >= 11 is 2.96. The van der Waals surface area contributed by atoms with Crippen LogP contribution in [-0.2, 0) is 11.5 Å². The Kier molecular flexibility index (Phi) is 3.31. The van der Waals surface area contributed by atoms with Crippen LogP contribution in [0.25, 0.3) is 0 Å². The summed E-state index contributed by atoms with van der Waals surface area (Å²) in [5, 5.41) is 0.112. The summed E-state index contributed by atoms with van der Waals surface area (Å²) in [5.74, 6) is 0. The summed E-state index contributed by atoms with van der Waals surface area (Å²) in [6.45, 7) is 0. The van der Waals surface area contributed by atoms with Crippen LogP contribution in [-0.4, -0.2) is 6.29 Å². The lowest BCUT2D eigenvalue weighted by atomic mass is 10.1. The smallest absolute Gasteiger partial charge is 0.298 e. The molecule has 0 atom stereocenters. The van der Waals surface area contributed by atoms with Gasteiger partial charge in [-0.2, -0.15) is 13.2 Å². The second kappa shape index (κ2) is 4.13. The highest BCUT2D eigenvalue weighted by Gasteiger charge is 2.33. The Hall–Kier alpha value is -0.840. The zero-order chi connectivity index (χ0) is 10.8. The van der Waals surface area contributed by atoms with Crippen molar-refractivity contribution < 1.29 is 18.0 Å². The molecule has 0 fully saturated rings. The van der Waals surface area contributed by atoms with Crippen molar-refractivity contribution in [1.82, 2.24) is 0 Å². The molecule has 0 unspecified atom stereocenters. The van der Waals surface area contributed by atoms with Gasteiger partial charge < -0.3 is 0 Å². The first kappa shape index (κ1) is 11.2. The van der Waals surface area contributed by atoms with Crippen LogP contribution in [0.4, 0.5) is 13.2 Å². The first-order valence-corrected chi connectivity index (χ1v) is 4.82. The van der Waals surface area contributed by atoms with Gasteiger partial charge in [0.2, 0.25) is 0 Å². The van der Waals surface area contributed by atoms with Crippen LogP contribution in [0.15, 0.2) is 18.2 Å². The van der Waals surface area contributed by atoms with Crippen LogP contribution in [0.1, 0.15) is 21.5 Å². The summed E-state index contributed by atoms with van der Waals surface area (Å²) in [6.07, 6.45) is -4.02. The maximum atomic E-state index is 12.4. The van der Waals surface area contributed by atoms with Crippen LogP contribution < -0.4 is 0 Å². The molecular weight excluding hydrogens is 261 g/mol. The molecule has 5 heteroatoms. The Bertz CT molecular complexity index is 346. The summed E-state index contributed by atoms with van der Waals surface area (Å²) in [4.78, 5) is 10.3. The van der Waals surface area contributed by atoms with Crippen LogP contribution >= 0.6 is 15.9 Å². The van der Waals surface area contributed by atoms with Gasteiger partial charge >= 0.3 is 6.18 Å². The van der Waals surface area contributed by atoms with Gasteiger partial charge in [0.15, 0.2) is 0 Å². The molecule has 0 aromatic heterocycles. The van der Waals surface area contributed by atoms with E-state index >= 15 is 0 Å². The van der Waals surface area contributed by atoms with Crippen LogP contribution in [0.2, 0.25) is 0 Å². The van der Waals surface area contributed by atoms with Crippen molar-refractivity contribution in [2.24, 2.45) is 0 Å². The van der Waals surface area contributed by atoms with Crippen LogP contribution in [0.3, 0.4) is 0 Å². The van der Waals surface area contributed by atoms with E-state index in [4.69, 9.17) is 0 Å². The molecular formula is C9H6BrF3O. The van der Waals surface area contributed by atoms with Gasteiger partial charge in [-0.3, -0.25) is 4.79 Å². The molecule has 0 aliphatic carbocycles. The van der Waals surface area contributed by atoms with E-state index in [0.29, 0.717) is 6.29 Å². The number of rotatable bonds is 2. The van der Waals surface area contributed by atoms with E-state index in [1.165, 1.54) is 12.1 Å². The topological polar surface area (TPSA) is 17.1 Å². The SMILES string of the molecule is O=Cc1ccc(CBr)c(C(F)(F)F)c1. The van der Waals surface area contributed by atoms with Crippen molar-refractivity contribution in [3.63, 3.8) is 0 Å². The number of carbonyl (C=O) groups is 1. The molecule has 1 aromatic rings. The third-order valence-corrected chi connectivity index (χ3v) is 2.32. The number of benzene rings is 1. The zero-order valence-electron chi connectivity index (χ0n) is 6.94. The molecule has 1 nitrogen and oxygen atoms in total. The van der Waals surface area contributed by atoms with Gasteiger partial charge in [-0.05, 0) is 11.6 Å². The fraction of sp³-hybridized carbons (Fsp3) is 0.222. The van der Waals surface area contributed by atoms with E-state index in [-0.39, 0.29) is 16.5 Å². The van der Waals surface area contributed by atoms with E-state index in [9.17, 15) is 18.0 Å². The number of carbonyl (C=O) groups excluding carboxylic acids is 1. The molecule has 0 radical (unpaired) electrons. The quantitative estimate of drug-likeness (QED) is 0.592. The first-order valence-electron chi connectivity index (χ1n) is 3.70. The Labute approximate surface area is 87.1 Å². The number of hydrogen-bond donors (Lipinski definition) is 0. The van der Waals surface area contributed by atoms with Crippen molar-refractivity contribution in [3.05, 3.63) is 34.9 Å². The second-order valence-electron chi connectivity index (χ2n) is 2.67. The van der Waals surface area contributed by atoms with Gasteiger partial charge in [-0.15, -0.1) is 0 Å². The predicted molar refractivity (Wildman–Crippen MR) is 49.5 cm³/mol. The van der Waals surface area contributed by atoms with Gasteiger partial charge in [0.25, 0.3) is 0 Å². The lowest BCUT2D eigenvalue weighted by Gasteiger charge is -2.11. The predicted octanol–water partition coefficient (Wildman–Crippen LogP) is 3.41. The maximum Gasteiger partial charge on any atom is 0.416 e. The number of halogens is 4. The average Bonchev–Trinajstić information content (AvgIpc) is 2.15. The van der Waals surface area contributed by atoms with Gasteiger partial charge in [0.1, 0.15) is 6.29 Å². The second-order valence-corrected chi connectivity index (χ2v) is 3.23. The molecule has 0 heterocycles. The van der Waals surface area contributed by atoms with Crippen molar-refractivity contribution >= 4 is 22.2 Å². The average molecular weight is 267 g/mol. The molecule has 0 aliphatic heterocycles. The van der Waals surface area contributed by atoms with Crippen LogP contribution in [0.5, 0.6) is 0 Å². The minimum absolute atomic E-state index is 0.0297. The molecule has 1 rings (SSSR count). The third kappa shape index (κ3) is 2.35. The largest absolute Gasteiger partial charge is 0.416 e. The lowest BCUT2D eigenvalue weighted by Crippen LogP contribution is -2.09. The highest BCUT2D eigenvalue weighted by atomic mass is 79.9. The molecule has 0 aliphatic rings. The van der Waals surface area contributed by atoms with Gasteiger partial charge in [-0.1, -0.05) is 28.1 Å². The Morgan fingerprint density at radius 3 is 2.43 bits per heavy atom. The van der Waals surface area contributed by atoms with Crippen molar-refractivity contribution in [3.8, 4) is 0 Å². The number of aldehydes is 1.